The van der Waals surface area contributed by atoms with Crippen molar-refractivity contribution in [2.45, 2.75) is 46.3 Å². The molecular weight excluding hydrogens is 300 g/mol. The Labute approximate surface area is 135 Å². The molecule has 1 aromatic rings. The van der Waals surface area contributed by atoms with Crippen LogP contribution in [0.5, 0.6) is 0 Å². The van der Waals surface area contributed by atoms with Crippen LogP contribution in [0.2, 0.25) is 0 Å². The Balaban J connectivity index is 2.00. The first kappa shape index (κ1) is 16.8. The maximum atomic E-state index is 12.6. The lowest BCUT2D eigenvalue weighted by atomic mass is 10.1. The molecule has 0 aliphatic carbocycles. The minimum absolute atomic E-state index is 0.0183. The molecule has 2 amide bonds. The number of nitrogens with zero attached hydrogens (tertiary/aromatic N) is 2. The fourth-order valence-corrected chi connectivity index (χ4v) is 3.35. The lowest BCUT2D eigenvalue weighted by Crippen LogP contribution is -2.56. The van der Waals surface area contributed by atoms with Gasteiger partial charge in [0.05, 0.1) is 4.88 Å². The zero-order valence-electron chi connectivity index (χ0n) is 13.9. The second kappa shape index (κ2) is 6.28. The lowest BCUT2D eigenvalue weighted by molar-refractivity contribution is 0.00625. The molecule has 2 rings (SSSR count). The molecule has 1 atom stereocenters. The largest absolute Gasteiger partial charge is 0.444 e. The molecule has 22 heavy (non-hydrogen) atoms. The quantitative estimate of drug-likeness (QED) is 0.797. The molecule has 0 N–H and O–H groups in total. The van der Waals surface area contributed by atoms with Crippen LogP contribution in [0.4, 0.5) is 4.79 Å². The highest BCUT2D eigenvalue weighted by Crippen LogP contribution is 2.22. The summed E-state index contributed by atoms with van der Waals surface area (Å²) in [5, 5.41) is 1.93. The van der Waals surface area contributed by atoms with Crippen molar-refractivity contribution < 1.29 is 14.3 Å². The van der Waals surface area contributed by atoms with Gasteiger partial charge in [0.2, 0.25) is 0 Å². The first-order valence-corrected chi connectivity index (χ1v) is 8.40. The zero-order chi connectivity index (χ0) is 16.5. The second-order valence-corrected chi connectivity index (χ2v) is 7.62. The van der Waals surface area contributed by atoms with Crippen molar-refractivity contribution in [3.05, 3.63) is 21.9 Å². The summed E-state index contributed by atoms with van der Waals surface area (Å²) in [6, 6.07) is 1.94. The minimum Gasteiger partial charge on any atom is -0.444 e. The van der Waals surface area contributed by atoms with E-state index in [2.05, 4.69) is 0 Å². The van der Waals surface area contributed by atoms with Crippen molar-refractivity contribution in [3.63, 3.8) is 0 Å². The Bertz CT molecular complexity index is 562. The van der Waals surface area contributed by atoms with Gasteiger partial charge in [-0.3, -0.25) is 4.79 Å². The maximum Gasteiger partial charge on any atom is 0.410 e. The van der Waals surface area contributed by atoms with E-state index < -0.39 is 5.60 Å². The molecule has 0 bridgehead atoms. The van der Waals surface area contributed by atoms with Crippen molar-refractivity contribution in [2.24, 2.45) is 0 Å². The van der Waals surface area contributed by atoms with Crippen LogP contribution in [0.3, 0.4) is 0 Å². The normalized spacial score (nSPS) is 19.2. The number of thiophene rings is 1. The number of piperazine rings is 1. The predicted octanol–water partition coefficient (Wildman–Crippen LogP) is 3.14. The summed E-state index contributed by atoms with van der Waals surface area (Å²) >= 11 is 1.47. The van der Waals surface area contributed by atoms with Gasteiger partial charge in [0, 0.05) is 25.7 Å². The van der Waals surface area contributed by atoms with Crippen LogP contribution >= 0.6 is 11.3 Å². The van der Waals surface area contributed by atoms with Crippen molar-refractivity contribution in [2.75, 3.05) is 19.6 Å². The molecule has 1 aliphatic heterocycles. The van der Waals surface area contributed by atoms with E-state index in [1.807, 2.05) is 51.0 Å². The highest BCUT2D eigenvalue weighted by molar-refractivity contribution is 7.12. The molecule has 0 radical (unpaired) electrons. The van der Waals surface area contributed by atoms with Gasteiger partial charge in [-0.2, -0.15) is 0 Å². The van der Waals surface area contributed by atoms with E-state index in [4.69, 9.17) is 4.74 Å². The summed E-state index contributed by atoms with van der Waals surface area (Å²) in [6.45, 7) is 11.0. The fourth-order valence-electron chi connectivity index (χ4n) is 2.47. The molecule has 1 aromatic heterocycles. The Kier molecular flexibility index (Phi) is 4.80. The van der Waals surface area contributed by atoms with Gasteiger partial charge in [0.15, 0.2) is 0 Å². The highest BCUT2D eigenvalue weighted by Gasteiger charge is 2.33. The predicted molar refractivity (Wildman–Crippen MR) is 87.4 cm³/mol. The minimum atomic E-state index is -0.499. The molecule has 1 fully saturated rings. The number of rotatable bonds is 1. The third-order valence-corrected chi connectivity index (χ3v) is 4.60. The first-order valence-electron chi connectivity index (χ1n) is 7.52. The van der Waals surface area contributed by atoms with E-state index >= 15 is 0 Å². The van der Waals surface area contributed by atoms with E-state index in [0.717, 1.165) is 10.4 Å². The summed E-state index contributed by atoms with van der Waals surface area (Å²) in [4.78, 5) is 29.0. The van der Waals surface area contributed by atoms with Crippen LogP contribution in [0, 0.1) is 6.92 Å². The van der Waals surface area contributed by atoms with E-state index in [0.29, 0.717) is 19.6 Å². The number of aryl methyl sites for hydroxylation is 1. The van der Waals surface area contributed by atoms with Crippen molar-refractivity contribution in [1.82, 2.24) is 9.80 Å². The molecule has 0 aromatic carbocycles. The standard InChI is InChI=1S/C16H24N2O3S/c1-11-6-9-22-13(11)14(19)18-8-7-17(10-12(18)2)15(20)21-16(3,4)5/h6,9,12H,7-8,10H2,1-5H3/t12-/m1/s1. The number of carbonyl (C=O) groups excluding carboxylic acids is 2. The molecule has 122 valence electrons. The SMILES string of the molecule is Cc1ccsc1C(=O)N1CCN(C(=O)OC(C)(C)C)C[C@H]1C. The average Bonchev–Trinajstić information content (AvgIpc) is 2.82. The van der Waals surface area contributed by atoms with Crippen molar-refractivity contribution in [3.8, 4) is 0 Å². The van der Waals surface area contributed by atoms with Gasteiger partial charge in [-0.05, 0) is 51.6 Å². The topological polar surface area (TPSA) is 49.9 Å². The molecule has 1 aliphatic rings. The van der Waals surface area contributed by atoms with Gasteiger partial charge in [-0.1, -0.05) is 0 Å². The Morgan fingerprint density at radius 1 is 1.32 bits per heavy atom. The van der Waals surface area contributed by atoms with E-state index in [1.54, 1.807) is 4.90 Å². The molecule has 5 nitrogen and oxygen atoms in total. The number of carbonyl (C=O) groups is 2. The van der Waals surface area contributed by atoms with Gasteiger partial charge in [-0.15, -0.1) is 11.3 Å². The van der Waals surface area contributed by atoms with E-state index in [1.165, 1.54) is 11.3 Å². The third-order valence-electron chi connectivity index (χ3n) is 3.60. The van der Waals surface area contributed by atoms with E-state index in [-0.39, 0.29) is 18.0 Å². The zero-order valence-corrected chi connectivity index (χ0v) is 14.7. The van der Waals surface area contributed by atoms with Crippen molar-refractivity contribution in [1.29, 1.82) is 0 Å². The smallest absolute Gasteiger partial charge is 0.410 e. The Morgan fingerprint density at radius 2 is 2.00 bits per heavy atom. The summed E-state index contributed by atoms with van der Waals surface area (Å²) in [7, 11) is 0. The van der Waals surface area contributed by atoms with Crippen LogP contribution < -0.4 is 0 Å². The van der Waals surface area contributed by atoms with Gasteiger partial charge in [-0.25, -0.2) is 4.79 Å². The summed E-state index contributed by atoms with van der Waals surface area (Å²) < 4.78 is 5.40. The van der Waals surface area contributed by atoms with Gasteiger partial charge >= 0.3 is 6.09 Å². The Morgan fingerprint density at radius 3 is 2.50 bits per heavy atom. The van der Waals surface area contributed by atoms with Crippen LogP contribution in [-0.2, 0) is 4.74 Å². The van der Waals surface area contributed by atoms with Crippen LogP contribution in [-0.4, -0.2) is 53.1 Å². The maximum absolute atomic E-state index is 12.6. The molecule has 6 heteroatoms. The van der Waals surface area contributed by atoms with Crippen LogP contribution in [0.15, 0.2) is 11.4 Å². The number of hydrogen-bond donors (Lipinski definition) is 0. The summed E-state index contributed by atoms with van der Waals surface area (Å²) in [6.07, 6.45) is -0.307. The number of amides is 2. The fraction of sp³-hybridized carbons (Fsp3) is 0.625. The first-order chi connectivity index (χ1) is 10.2. The van der Waals surface area contributed by atoms with Gasteiger partial charge < -0.3 is 14.5 Å². The molecule has 0 saturated carbocycles. The molecule has 1 saturated heterocycles. The van der Waals surface area contributed by atoms with E-state index in [9.17, 15) is 9.59 Å². The Hall–Kier alpha value is -1.56. The average molecular weight is 324 g/mol. The molecule has 0 spiro atoms. The third kappa shape index (κ3) is 3.80. The van der Waals surface area contributed by atoms with Gasteiger partial charge in [0.25, 0.3) is 5.91 Å². The number of ether oxygens (including phenoxy) is 1. The van der Waals surface area contributed by atoms with Crippen LogP contribution in [0.1, 0.15) is 42.9 Å². The highest BCUT2D eigenvalue weighted by atomic mass is 32.1. The summed E-state index contributed by atoms with van der Waals surface area (Å²) in [5.41, 5.74) is 0.512. The molecule has 2 heterocycles. The summed E-state index contributed by atoms with van der Waals surface area (Å²) in [5.74, 6) is 0.0591. The monoisotopic (exact) mass is 324 g/mol. The molecule has 0 unspecified atom stereocenters. The molecular formula is C16H24N2O3S. The number of hydrogen-bond acceptors (Lipinski definition) is 4. The lowest BCUT2D eigenvalue weighted by Gasteiger charge is -2.40. The second-order valence-electron chi connectivity index (χ2n) is 6.71. The van der Waals surface area contributed by atoms with Crippen molar-refractivity contribution >= 4 is 23.3 Å². The van der Waals surface area contributed by atoms with Gasteiger partial charge in [0.1, 0.15) is 5.60 Å². The van der Waals surface area contributed by atoms with Crippen LogP contribution in [0.25, 0.3) is 0 Å².